The summed E-state index contributed by atoms with van der Waals surface area (Å²) in [6, 6.07) is 0. The van der Waals surface area contributed by atoms with E-state index >= 15 is 0 Å². The molecule has 1 heterocycles. The van der Waals surface area contributed by atoms with Crippen molar-refractivity contribution in [2.75, 3.05) is 0 Å². The summed E-state index contributed by atoms with van der Waals surface area (Å²) in [5.74, 6) is -2.50. The van der Waals surface area contributed by atoms with Crippen LogP contribution in [0.25, 0.3) is 11.7 Å². The molecule has 0 N–H and O–H groups in total. The van der Waals surface area contributed by atoms with Gasteiger partial charge in [0.25, 0.3) is 0 Å². The highest BCUT2D eigenvalue weighted by Gasteiger charge is 2.20. The van der Waals surface area contributed by atoms with Crippen LogP contribution in [-0.4, -0.2) is 0 Å². The molecule has 1 aromatic rings. The summed E-state index contributed by atoms with van der Waals surface area (Å²) in [4.78, 5) is 0.397. The molecule has 0 aromatic carbocycles. The summed E-state index contributed by atoms with van der Waals surface area (Å²) >= 11 is 0.888. The molecule has 0 fully saturated rings. The van der Waals surface area contributed by atoms with Crippen molar-refractivity contribution in [2.24, 2.45) is 0 Å². The van der Waals surface area contributed by atoms with Gasteiger partial charge in [-0.1, -0.05) is 33.1 Å². The lowest BCUT2D eigenvalue weighted by Gasteiger charge is -1.99. The minimum atomic E-state index is -1.04. The highest BCUT2D eigenvalue weighted by atomic mass is 32.1. The maximum Gasteiger partial charge on any atom is 0.176 e. The highest BCUT2D eigenvalue weighted by Crippen LogP contribution is 2.40. The zero-order chi connectivity index (χ0) is 16.7. The third kappa shape index (κ3) is 4.21. The lowest BCUT2D eigenvalue weighted by atomic mass is 10.1. The summed E-state index contributed by atoms with van der Waals surface area (Å²) in [7, 11) is 0. The zero-order valence-electron chi connectivity index (χ0n) is 13.1. The van der Waals surface area contributed by atoms with E-state index in [1.165, 1.54) is 6.08 Å². The van der Waals surface area contributed by atoms with Crippen molar-refractivity contribution in [2.45, 2.75) is 34.6 Å². The third-order valence-corrected chi connectivity index (χ3v) is 4.27. The first kappa shape index (κ1) is 19.4. The maximum atomic E-state index is 14.1. The molecule has 0 aliphatic rings. The fraction of sp³-hybridized carbons (Fsp3) is 0.294. The Kier molecular flexibility index (Phi) is 8.03. The first-order chi connectivity index (χ1) is 9.84. The summed E-state index contributed by atoms with van der Waals surface area (Å²) in [5.41, 5.74) is 1.50. The first-order valence-corrected chi connectivity index (χ1v) is 7.44. The van der Waals surface area contributed by atoms with Crippen LogP contribution in [0.3, 0.4) is 0 Å². The van der Waals surface area contributed by atoms with E-state index in [-0.39, 0.29) is 4.88 Å². The number of allylic oxidation sites excluding steroid dienone is 4. The molecule has 0 unspecified atom stereocenters. The molecule has 0 saturated heterocycles. The van der Waals surface area contributed by atoms with Crippen LogP contribution in [0.4, 0.5) is 13.2 Å². The Morgan fingerprint density at radius 2 is 1.33 bits per heavy atom. The summed E-state index contributed by atoms with van der Waals surface area (Å²) in [5, 5.41) is 0. The topological polar surface area (TPSA) is 0 Å². The van der Waals surface area contributed by atoms with Crippen molar-refractivity contribution >= 4 is 23.0 Å². The van der Waals surface area contributed by atoms with E-state index in [0.29, 0.717) is 21.6 Å². The maximum absolute atomic E-state index is 14.1. The van der Waals surface area contributed by atoms with Gasteiger partial charge in [0.05, 0.1) is 9.75 Å². The molecule has 0 aliphatic carbocycles. The van der Waals surface area contributed by atoms with E-state index in [9.17, 15) is 13.2 Å². The normalized spacial score (nSPS) is 12.8. The lowest BCUT2D eigenvalue weighted by Crippen LogP contribution is -1.83. The van der Waals surface area contributed by atoms with Crippen molar-refractivity contribution in [1.29, 1.82) is 0 Å². The molecule has 4 heteroatoms. The largest absolute Gasteiger partial charge is 0.205 e. The highest BCUT2D eigenvalue weighted by molar-refractivity contribution is 7.14. The number of thiophene rings is 1. The molecular weight excluding hydrogens is 293 g/mol. The van der Waals surface area contributed by atoms with Gasteiger partial charge in [0, 0.05) is 0 Å². The molecule has 0 bridgehead atoms. The van der Waals surface area contributed by atoms with Crippen LogP contribution in [0.2, 0.25) is 0 Å². The Balaban J connectivity index is 0.00000191. The van der Waals surface area contributed by atoms with Crippen LogP contribution >= 0.6 is 11.3 Å². The van der Waals surface area contributed by atoms with Crippen LogP contribution in [0.5, 0.6) is 0 Å². The van der Waals surface area contributed by atoms with E-state index in [1.54, 1.807) is 20.8 Å². The fourth-order valence-corrected chi connectivity index (χ4v) is 2.74. The minimum absolute atomic E-state index is 0.0944. The number of hydrogen-bond acceptors (Lipinski definition) is 1. The Morgan fingerprint density at radius 3 is 1.71 bits per heavy atom. The second-order valence-corrected chi connectivity index (χ2v) is 5.10. The van der Waals surface area contributed by atoms with Crippen LogP contribution in [-0.2, 0) is 0 Å². The third-order valence-electron chi connectivity index (χ3n) is 2.89. The Hall–Kier alpha value is -1.55. The first-order valence-electron chi connectivity index (χ1n) is 6.62. The monoisotopic (exact) mass is 314 g/mol. The van der Waals surface area contributed by atoms with E-state index in [2.05, 4.69) is 13.2 Å². The molecule has 1 rings (SSSR count). The van der Waals surface area contributed by atoms with Crippen molar-refractivity contribution in [3.63, 3.8) is 0 Å². The van der Waals surface area contributed by atoms with Gasteiger partial charge in [-0.25, -0.2) is 13.2 Å². The molecule has 0 radical (unpaired) electrons. The molecule has 0 spiro atoms. The Bertz CT molecular complexity index is 539. The van der Waals surface area contributed by atoms with E-state index in [0.717, 1.165) is 17.4 Å². The molecule has 1 aromatic heterocycles. The van der Waals surface area contributed by atoms with Gasteiger partial charge in [-0.2, -0.15) is 0 Å². The molecule has 21 heavy (non-hydrogen) atoms. The van der Waals surface area contributed by atoms with Gasteiger partial charge in [-0.15, -0.1) is 11.3 Å². The van der Waals surface area contributed by atoms with Crippen LogP contribution in [0, 0.1) is 13.8 Å². The molecule has 0 aliphatic heterocycles. The average Bonchev–Trinajstić information content (AvgIpc) is 2.82. The molecular formula is C17H21F3S. The van der Waals surface area contributed by atoms with E-state index in [1.807, 2.05) is 13.8 Å². The van der Waals surface area contributed by atoms with Gasteiger partial charge < -0.3 is 0 Å². The van der Waals surface area contributed by atoms with Gasteiger partial charge in [-0.3, -0.25) is 0 Å². The smallest absolute Gasteiger partial charge is 0.176 e. The average molecular weight is 314 g/mol. The van der Waals surface area contributed by atoms with E-state index < -0.39 is 17.5 Å². The predicted octanol–water partition coefficient (Wildman–Crippen LogP) is 7.07. The van der Waals surface area contributed by atoms with Crippen molar-refractivity contribution in [1.82, 2.24) is 0 Å². The van der Waals surface area contributed by atoms with Gasteiger partial charge in [-0.05, 0) is 43.5 Å². The van der Waals surface area contributed by atoms with Gasteiger partial charge in [0.2, 0.25) is 0 Å². The quantitative estimate of drug-likeness (QED) is 0.521. The second kappa shape index (κ2) is 8.67. The standard InChI is InChI=1S/C15H15F3S.C2H6/c1-6-8(3)12(17)14-9(4)10(5)15(19-14)13(18)11(16)7-2;1-2/h6-7H,1-2H2,3-5H3;1-2H3/b12-8+,13-11-;. The number of rotatable bonds is 4. The summed E-state index contributed by atoms with van der Waals surface area (Å²) < 4.78 is 41.1. The van der Waals surface area contributed by atoms with Crippen LogP contribution < -0.4 is 0 Å². The number of halogens is 3. The fourth-order valence-electron chi connectivity index (χ4n) is 1.48. The van der Waals surface area contributed by atoms with Crippen LogP contribution in [0.1, 0.15) is 41.7 Å². The predicted molar refractivity (Wildman–Crippen MR) is 88.4 cm³/mol. The summed E-state index contributed by atoms with van der Waals surface area (Å²) in [6.45, 7) is 15.6. The Morgan fingerprint density at radius 1 is 0.905 bits per heavy atom. The zero-order valence-corrected chi connectivity index (χ0v) is 13.9. The van der Waals surface area contributed by atoms with E-state index in [4.69, 9.17) is 0 Å². The van der Waals surface area contributed by atoms with Gasteiger partial charge >= 0.3 is 0 Å². The molecule has 116 valence electrons. The second-order valence-electron chi connectivity index (χ2n) is 4.08. The SMILES string of the molecule is C=C/C(F)=C(/F)c1sc(/C(F)=C(/C)C=C)c(C)c1C.CC. The van der Waals surface area contributed by atoms with Crippen molar-refractivity contribution < 1.29 is 13.2 Å². The van der Waals surface area contributed by atoms with Crippen molar-refractivity contribution in [3.8, 4) is 0 Å². The van der Waals surface area contributed by atoms with Crippen LogP contribution in [0.15, 0.2) is 36.7 Å². The lowest BCUT2D eigenvalue weighted by molar-refractivity contribution is 0.630. The van der Waals surface area contributed by atoms with Gasteiger partial charge in [0.1, 0.15) is 5.83 Å². The molecule has 0 nitrogen and oxygen atoms in total. The molecule has 0 amide bonds. The Labute approximate surface area is 129 Å². The molecule has 0 atom stereocenters. The van der Waals surface area contributed by atoms with Gasteiger partial charge in [0.15, 0.2) is 11.7 Å². The van der Waals surface area contributed by atoms with Crippen molar-refractivity contribution in [3.05, 3.63) is 57.6 Å². The minimum Gasteiger partial charge on any atom is -0.205 e. The summed E-state index contributed by atoms with van der Waals surface area (Å²) in [6.07, 6.45) is 2.19. The molecule has 0 saturated carbocycles. The number of hydrogen-bond donors (Lipinski definition) is 0.